The van der Waals surface area contributed by atoms with Gasteiger partial charge in [-0.2, -0.15) is 0 Å². The van der Waals surface area contributed by atoms with Crippen molar-refractivity contribution in [1.82, 2.24) is 0 Å². The number of aliphatic hydroxyl groups excluding tert-OH is 1. The van der Waals surface area contributed by atoms with Crippen LogP contribution in [0.2, 0.25) is 0 Å². The minimum absolute atomic E-state index is 0.267. The van der Waals surface area contributed by atoms with Crippen LogP contribution in [0.25, 0.3) is 6.08 Å². The van der Waals surface area contributed by atoms with E-state index in [1.807, 2.05) is 52.0 Å². The molecule has 156 valence electrons. The fraction of sp³-hybridized carbons (Fsp3) is 0.346. The first-order valence-electron chi connectivity index (χ1n) is 10.0. The lowest BCUT2D eigenvalue weighted by Gasteiger charge is -2.09. The van der Waals surface area contributed by atoms with E-state index in [4.69, 9.17) is 5.11 Å². The van der Waals surface area contributed by atoms with Crippen molar-refractivity contribution in [2.45, 2.75) is 53.6 Å². The summed E-state index contributed by atoms with van der Waals surface area (Å²) in [5.74, 6) is -0.971. The molecule has 0 heterocycles. The van der Waals surface area contributed by atoms with Crippen LogP contribution in [0.15, 0.2) is 66.3 Å². The first kappa shape index (κ1) is 24.4. The predicted molar refractivity (Wildman–Crippen MR) is 122 cm³/mol. The average molecular weight is 395 g/mol. The van der Waals surface area contributed by atoms with E-state index in [0.717, 1.165) is 22.3 Å². The van der Waals surface area contributed by atoms with Crippen LogP contribution in [0.5, 0.6) is 0 Å². The average Bonchev–Trinajstić information content (AvgIpc) is 2.68. The molecule has 0 radical (unpaired) electrons. The molecule has 0 saturated carbocycles. The van der Waals surface area contributed by atoms with E-state index >= 15 is 0 Å². The molecule has 0 bridgehead atoms. The SMILES string of the molecule is C=C(C)C(O)c1ccc(C)cc1.CCC(CC(C)=Cc1ccc(C)cc1)C(=O)O. The van der Waals surface area contributed by atoms with Crippen molar-refractivity contribution < 1.29 is 15.0 Å². The lowest BCUT2D eigenvalue weighted by atomic mass is 9.96. The van der Waals surface area contributed by atoms with Crippen molar-refractivity contribution in [3.05, 3.63) is 88.5 Å². The van der Waals surface area contributed by atoms with Crippen LogP contribution in [-0.2, 0) is 4.79 Å². The number of carboxylic acids is 1. The number of aryl methyl sites for hydroxylation is 2. The molecule has 0 aromatic heterocycles. The van der Waals surface area contributed by atoms with Gasteiger partial charge in [0.05, 0.1) is 12.0 Å². The molecule has 29 heavy (non-hydrogen) atoms. The molecule has 3 nitrogen and oxygen atoms in total. The molecule has 2 unspecified atom stereocenters. The van der Waals surface area contributed by atoms with Crippen LogP contribution in [0.4, 0.5) is 0 Å². The maximum Gasteiger partial charge on any atom is 0.306 e. The molecule has 2 atom stereocenters. The molecule has 2 N–H and O–H groups in total. The Morgan fingerprint density at radius 3 is 1.90 bits per heavy atom. The number of aliphatic hydroxyl groups is 1. The normalized spacial score (nSPS) is 13.1. The zero-order valence-corrected chi connectivity index (χ0v) is 18.3. The van der Waals surface area contributed by atoms with E-state index in [1.165, 1.54) is 11.1 Å². The second kappa shape index (κ2) is 12.0. The highest BCUT2D eigenvalue weighted by atomic mass is 16.4. The highest BCUT2D eigenvalue weighted by Crippen LogP contribution is 2.20. The Morgan fingerprint density at radius 2 is 1.48 bits per heavy atom. The second-order valence-electron chi connectivity index (χ2n) is 7.71. The van der Waals surface area contributed by atoms with Gasteiger partial charge < -0.3 is 10.2 Å². The number of carboxylic acid groups (broad SMARTS) is 1. The fourth-order valence-electron chi connectivity index (χ4n) is 2.83. The van der Waals surface area contributed by atoms with Gasteiger partial charge in [0.15, 0.2) is 0 Å². The highest BCUT2D eigenvalue weighted by molar-refractivity contribution is 5.70. The smallest absolute Gasteiger partial charge is 0.306 e. The Morgan fingerprint density at radius 1 is 1.00 bits per heavy atom. The van der Waals surface area contributed by atoms with Crippen molar-refractivity contribution in [3.8, 4) is 0 Å². The molecule has 2 aromatic carbocycles. The third kappa shape index (κ3) is 8.93. The van der Waals surface area contributed by atoms with Gasteiger partial charge in [0.2, 0.25) is 0 Å². The Hall–Kier alpha value is -2.65. The summed E-state index contributed by atoms with van der Waals surface area (Å²) in [5, 5.41) is 18.6. The summed E-state index contributed by atoms with van der Waals surface area (Å²) in [7, 11) is 0. The largest absolute Gasteiger partial charge is 0.481 e. The molecular weight excluding hydrogens is 360 g/mol. The van der Waals surface area contributed by atoms with Crippen LogP contribution < -0.4 is 0 Å². The maximum absolute atomic E-state index is 10.9. The number of carbonyl (C=O) groups is 1. The van der Waals surface area contributed by atoms with E-state index in [1.54, 1.807) is 0 Å². The number of hydrogen-bond acceptors (Lipinski definition) is 2. The van der Waals surface area contributed by atoms with Gasteiger partial charge in [-0.15, -0.1) is 0 Å². The van der Waals surface area contributed by atoms with Crippen molar-refractivity contribution in [2.75, 3.05) is 0 Å². The Labute approximate surface area is 175 Å². The van der Waals surface area contributed by atoms with Crippen molar-refractivity contribution in [2.24, 2.45) is 5.92 Å². The van der Waals surface area contributed by atoms with Crippen molar-refractivity contribution in [3.63, 3.8) is 0 Å². The molecule has 3 heteroatoms. The molecule has 0 amide bonds. The molecule has 2 aromatic rings. The standard InChI is InChI=1S/C15H20O2.C11H14O/c1-4-14(15(16)17)10-12(3)9-13-7-5-11(2)6-8-13;1-8(2)11(12)10-6-4-9(3)5-7-10/h5-9,14H,4,10H2,1-3H3,(H,16,17);4-7,11-12H,1H2,2-3H3. The Kier molecular flexibility index (Phi) is 10.1. The summed E-state index contributed by atoms with van der Waals surface area (Å²) in [6.45, 7) is 13.5. The summed E-state index contributed by atoms with van der Waals surface area (Å²) in [5.41, 5.74) is 6.37. The van der Waals surface area contributed by atoms with Gasteiger partial charge in [0.1, 0.15) is 0 Å². The van der Waals surface area contributed by atoms with Gasteiger partial charge >= 0.3 is 5.97 Å². The molecule has 0 spiro atoms. The number of hydrogen-bond donors (Lipinski definition) is 2. The van der Waals surface area contributed by atoms with E-state index in [9.17, 15) is 9.90 Å². The first-order valence-corrected chi connectivity index (χ1v) is 10.0. The lowest BCUT2D eigenvalue weighted by Crippen LogP contribution is -2.12. The van der Waals surface area contributed by atoms with Gasteiger partial charge in [-0.05, 0) is 57.2 Å². The maximum atomic E-state index is 10.9. The molecule has 0 saturated heterocycles. The van der Waals surface area contributed by atoms with Gasteiger partial charge in [0.25, 0.3) is 0 Å². The molecular formula is C26H34O3. The summed E-state index contributed by atoms with van der Waals surface area (Å²) in [6, 6.07) is 16.1. The highest BCUT2D eigenvalue weighted by Gasteiger charge is 2.14. The molecule has 0 aliphatic carbocycles. The van der Waals surface area contributed by atoms with Crippen molar-refractivity contribution >= 4 is 12.0 Å². The summed E-state index contributed by atoms with van der Waals surface area (Å²) in [6.07, 6.45) is 2.84. The Balaban J connectivity index is 0.000000308. The van der Waals surface area contributed by atoms with E-state index < -0.39 is 12.1 Å². The molecule has 0 fully saturated rings. The van der Waals surface area contributed by atoms with Crippen LogP contribution in [0, 0.1) is 19.8 Å². The number of aliphatic carboxylic acids is 1. The Bertz CT molecular complexity index is 814. The number of rotatable bonds is 7. The van der Waals surface area contributed by atoms with Gasteiger partial charge in [-0.1, -0.05) is 84.8 Å². The monoisotopic (exact) mass is 394 g/mol. The molecule has 2 rings (SSSR count). The third-order valence-electron chi connectivity index (χ3n) is 4.76. The van der Waals surface area contributed by atoms with Crippen LogP contribution in [-0.4, -0.2) is 16.2 Å². The van der Waals surface area contributed by atoms with Gasteiger partial charge in [-0.25, -0.2) is 0 Å². The lowest BCUT2D eigenvalue weighted by molar-refractivity contribution is -0.141. The zero-order chi connectivity index (χ0) is 22.0. The topological polar surface area (TPSA) is 57.5 Å². The van der Waals surface area contributed by atoms with E-state index in [-0.39, 0.29) is 5.92 Å². The summed E-state index contributed by atoms with van der Waals surface area (Å²) >= 11 is 0. The molecule has 0 aliphatic heterocycles. The minimum Gasteiger partial charge on any atom is -0.481 e. The number of benzene rings is 2. The quantitative estimate of drug-likeness (QED) is 0.527. The van der Waals surface area contributed by atoms with Crippen LogP contribution in [0.1, 0.15) is 62.0 Å². The van der Waals surface area contributed by atoms with Crippen LogP contribution >= 0.6 is 0 Å². The zero-order valence-electron chi connectivity index (χ0n) is 18.3. The summed E-state index contributed by atoms with van der Waals surface area (Å²) < 4.78 is 0. The fourth-order valence-corrected chi connectivity index (χ4v) is 2.83. The predicted octanol–water partition coefficient (Wildman–Crippen LogP) is 6.50. The third-order valence-corrected chi connectivity index (χ3v) is 4.76. The number of allylic oxidation sites excluding steroid dienone is 1. The minimum atomic E-state index is -0.704. The van der Waals surface area contributed by atoms with Crippen molar-refractivity contribution in [1.29, 1.82) is 0 Å². The molecule has 0 aliphatic rings. The van der Waals surface area contributed by atoms with Gasteiger partial charge in [-0.3, -0.25) is 4.79 Å². The van der Waals surface area contributed by atoms with Gasteiger partial charge in [0, 0.05) is 0 Å². The second-order valence-corrected chi connectivity index (χ2v) is 7.71. The van der Waals surface area contributed by atoms with E-state index in [0.29, 0.717) is 12.8 Å². The van der Waals surface area contributed by atoms with Crippen LogP contribution in [0.3, 0.4) is 0 Å². The van der Waals surface area contributed by atoms with E-state index in [2.05, 4.69) is 43.8 Å². The summed E-state index contributed by atoms with van der Waals surface area (Å²) in [4.78, 5) is 10.9. The first-order chi connectivity index (χ1) is 13.6.